The lowest BCUT2D eigenvalue weighted by Crippen LogP contribution is -2.48. The lowest BCUT2D eigenvalue weighted by molar-refractivity contribution is -0.0287. The number of carbonyl (C=O) groups excluding carboxylic acids is 1. The lowest BCUT2D eigenvalue weighted by Gasteiger charge is -2.36. The van der Waals surface area contributed by atoms with Crippen LogP contribution in [0.2, 0.25) is 0 Å². The van der Waals surface area contributed by atoms with Crippen LogP contribution in [0, 0.1) is 0 Å². The first kappa shape index (κ1) is 16.5. The van der Waals surface area contributed by atoms with Crippen LogP contribution in [-0.2, 0) is 0 Å². The van der Waals surface area contributed by atoms with Gasteiger partial charge in [0.2, 0.25) is 0 Å². The van der Waals surface area contributed by atoms with Gasteiger partial charge in [0.25, 0.3) is 0 Å². The van der Waals surface area contributed by atoms with Gasteiger partial charge in [0.15, 0.2) is 0 Å². The van der Waals surface area contributed by atoms with Gasteiger partial charge in [-0.2, -0.15) is 5.10 Å². The molecule has 6 heteroatoms. The van der Waals surface area contributed by atoms with E-state index in [4.69, 9.17) is 0 Å². The summed E-state index contributed by atoms with van der Waals surface area (Å²) in [6.07, 6.45) is 2.51. The minimum absolute atomic E-state index is 0.119. The van der Waals surface area contributed by atoms with E-state index in [1.165, 1.54) is 0 Å². The molecule has 0 aliphatic heterocycles. The second kappa shape index (κ2) is 6.65. The summed E-state index contributed by atoms with van der Waals surface area (Å²) in [6.45, 7) is 4.31. The van der Waals surface area contributed by atoms with Crippen molar-refractivity contribution in [2.45, 2.75) is 44.8 Å². The van der Waals surface area contributed by atoms with Crippen LogP contribution in [0.1, 0.15) is 39.2 Å². The highest BCUT2D eigenvalue weighted by atomic mass is 16.3. The summed E-state index contributed by atoms with van der Waals surface area (Å²) in [5, 5.41) is 20.2. The molecule has 1 aromatic heterocycles. The summed E-state index contributed by atoms with van der Waals surface area (Å²) < 4.78 is 1.79. The molecular weight excluding hydrogens is 304 g/mol. The minimum atomic E-state index is -0.731. The molecule has 1 saturated carbocycles. The zero-order valence-electron chi connectivity index (χ0n) is 14.1. The molecule has 1 heterocycles. The number of hydrogen-bond donors (Lipinski definition) is 3. The van der Waals surface area contributed by atoms with E-state index in [1.807, 2.05) is 50.2 Å². The Morgan fingerprint density at radius 3 is 2.62 bits per heavy atom. The minimum Gasteiger partial charge on any atom is -0.388 e. The molecule has 1 aliphatic carbocycles. The molecule has 128 valence electrons. The first-order chi connectivity index (χ1) is 11.5. The Kier molecular flexibility index (Phi) is 4.57. The van der Waals surface area contributed by atoms with Gasteiger partial charge in [-0.05, 0) is 33.1 Å². The molecule has 1 aliphatic rings. The number of benzene rings is 1. The fourth-order valence-electron chi connectivity index (χ4n) is 2.80. The van der Waals surface area contributed by atoms with Gasteiger partial charge in [-0.1, -0.05) is 30.3 Å². The molecular formula is C18H24N4O2. The Balaban J connectivity index is 1.72. The summed E-state index contributed by atoms with van der Waals surface area (Å²) in [4.78, 5) is 12.1. The molecule has 1 aromatic carbocycles. The molecule has 6 nitrogen and oxygen atoms in total. The quantitative estimate of drug-likeness (QED) is 0.789. The monoisotopic (exact) mass is 328 g/mol. The van der Waals surface area contributed by atoms with Crippen LogP contribution in [0.3, 0.4) is 0 Å². The number of nitrogens with one attached hydrogen (secondary N) is 2. The molecule has 0 bridgehead atoms. The molecule has 24 heavy (non-hydrogen) atoms. The molecule has 3 N–H and O–H groups in total. The van der Waals surface area contributed by atoms with E-state index in [2.05, 4.69) is 15.7 Å². The molecule has 0 atom stereocenters. The van der Waals surface area contributed by atoms with Gasteiger partial charge in [-0.15, -0.1) is 0 Å². The van der Waals surface area contributed by atoms with Crippen LogP contribution >= 0.6 is 0 Å². The number of amides is 2. The molecule has 0 radical (unpaired) electrons. The van der Waals surface area contributed by atoms with Crippen LogP contribution in [0.15, 0.2) is 36.4 Å². The van der Waals surface area contributed by atoms with Gasteiger partial charge in [0.1, 0.15) is 5.82 Å². The van der Waals surface area contributed by atoms with E-state index in [9.17, 15) is 9.90 Å². The summed E-state index contributed by atoms with van der Waals surface area (Å²) >= 11 is 0. The van der Waals surface area contributed by atoms with Gasteiger partial charge in [0.05, 0.1) is 11.3 Å². The van der Waals surface area contributed by atoms with E-state index in [0.717, 1.165) is 30.5 Å². The number of anilines is 1. The molecule has 0 saturated heterocycles. The van der Waals surface area contributed by atoms with Crippen molar-refractivity contribution < 1.29 is 9.90 Å². The maximum atomic E-state index is 12.1. The zero-order valence-corrected chi connectivity index (χ0v) is 14.1. The van der Waals surface area contributed by atoms with Crippen molar-refractivity contribution in [1.29, 1.82) is 0 Å². The standard InChI is InChI=1S/C18H24N4O2/c1-13(2)22-16(11-15(21-22)14-7-4-3-5-8-14)20-17(23)19-12-18(24)9-6-10-18/h3-5,7-8,11,13,24H,6,9-10,12H2,1-2H3,(H2,19,20,23). The highest BCUT2D eigenvalue weighted by Gasteiger charge is 2.34. The van der Waals surface area contributed by atoms with Crippen LogP contribution in [0.25, 0.3) is 11.3 Å². The third-order valence-electron chi connectivity index (χ3n) is 4.40. The van der Waals surface area contributed by atoms with E-state index in [0.29, 0.717) is 5.82 Å². The summed E-state index contributed by atoms with van der Waals surface area (Å²) in [6, 6.07) is 11.5. The van der Waals surface area contributed by atoms with Gasteiger partial charge in [-0.3, -0.25) is 5.32 Å². The van der Waals surface area contributed by atoms with Crippen LogP contribution in [0.4, 0.5) is 10.6 Å². The van der Waals surface area contributed by atoms with Gasteiger partial charge < -0.3 is 10.4 Å². The van der Waals surface area contributed by atoms with Crippen LogP contribution < -0.4 is 10.6 Å². The van der Waals surface area contributed by atoms with E-state index in [-0.39, 0.29) is 18.6 Å². The van der Waals surface area contributed by atoms with Gasteiger partial charge >= 0.3 is 6.03 Å². The number of aromatic nitrogens is 2. The van der Waals surface area contributed by atoms with Gasteiger partial charge in [-0.25, -0.2) is 9.48 Å². The Hall–Kier alpha value is -2.34. The van der Waals surface area contributed by atoms with Crippen molar-refractivity contribution in [3.05, 3.63) is 36.4 Å². The maximum absolute atomic E-state index is 12.1. The average molecular weight is 328 g/mol. The van der Waals surface area contributed by atoms with Crippen molar-refractivity contribution in [2.24, 2.45) is 0 Å². The summed E-state index contributed by atoms with van der Waals surface area (Å²) in [5.41, 5.74) is 1.09. The van der Waals surface area contributed by atoms with Crippen LogP contribution in [-0.4, -0.2) is 33.1 Å². The number of carbonyl (C=O) groups is 1. The zero-order chi connectivity index (χ0) is 17.2. The van der Waals surface area contributed by atoms with Crippen LogP contribution in [0.5, 0.6) is 0 Å². The van der Waals surface area contributed by atoms with Crippen molar-refractivity contribution in [3.63, 3.8) is 0 Å². The fraction of sp³-hybridized carbons (Fsp3) is 0.444. The molecule has 1 fully saturated rings. The predicted octanol–water partition coefficient (Wildman–Crippen LogP) is 3.17. The maximum Gasteiger partial charge on any atom is 0.320 e. The number of nitrogens with zero attached hydrogens (tertiary/aromatic N) is 2. The van der Waals surface area contributed by atoms with Crippen molar-refractivity contribution in [3.8, 4) is 11.3 Å². The van der Waals surface area contributed by atoms with Crippen molar-refractivity contribution in [2.75, 3.05) is 11.9 Å². The van der Waals surface area contributed by atoms with Crippen molar-refractivity contribution in [1.82, 2.24) is 15.1 Å². The number of aliphatic hydroxyl groups is 1. The third-order valence-corrected chi connectivity index (χ3v) is 4.40. The number of rotatable bonds is 5. The molecule has 0 spiro atoms. The van der Waals surface area contributed by atoms with E-state index >= 15 is 0 Å². The van der Waals surface area contributed by atoms with E-state index < -0.39 is 5.60 Å². The SMILES string of the molecule is CC(C)n1nc(-c2ccccc2)cc1NC(=O)NCC1(O)CCC1. The Bertz CT molecular complexity index is 705. The summed E-state index contributed by atoms with van der Waals surface area (Å²) in [5.74, 6) is 0.641. The first-order valence-electron chi connectivity index (χ1n) is 8.39. The molecule has 2 amide bonds. The largest absolute Gasteiger partial charge is 0.388 e. The Morgan fingerprint density at radius 1 is 1.33 bits per heavy atom. The molecule has 3 rings (SSSR count). The topological polar surface area (TPSA) is 79.2 Å². The van der Waals surface area contributed by atoms with E-state index in [1.54, 1.807) is 4.68 Å². The fourth-order valence-corrected chi connectivity index (χ4v) is 2.80. The second-order valence-corrected chi connectivity index (χ2v) is 6.70. The lowest BCUT2D eigenvalue weighted by atomic mass is 9.80. The molecule has 0 unspecified atom stereocenters. The average Bonchev–Trinajstić information content (AvgIpc) is 2.96. The second-order valence-electron chi connectivity index (χ2n) is 6.70. The number of hydrogen-bond acceptors (Lipinski definition) is 3. The first-order valence-corrected chi connectivity index (χ1v) is 8.39. The smallest absolute Gasteiger partial charge is 0.320 e. The molecule has 2 aromatic rings. The Labute approximate surface area is 141 Å². The summed E-state index contributed by atoms with van der Waals surface area (Å²) in [7, 11) is 0. The highest BCUT2D eigenvalue weighted by molar-refractivity contribution is 5.89. The highest BCUT2D eigenvalue weighted by Crippen LogP contribution is 2.30. The predicted molar refractivity (Wildman–Crippen MR) is 93.9 cm³/mol. The normalized spacial score (nSPS) is 15.8. The number of urea groups is 1. The third kappa shape index (κ3) is 3.59. The van der Waals surface area contributed by atoms with Gasteiger partial charge in [0, 0.05) is 24.2 Å². The Morgan fingerprint density at radius 2 is 2.04 bits per heavy atom. The van der Waals surface area contributed by atoms with Crippen molar-refractivity contribution >= 4 is 11.8 Å².